The van der Waals surface area contributed by atoms with Crippen LogP contribution in [0.25, 0.3) is 6.08 Å². The molecule has 5 aromatic rings. The molecule has 0 bridgehead atoms. The first-order chi connectivity index (χ1) is 23.7. The fourth-order valence-corrected chi connectivity index (χ4v) is 6.27. The second kappa shape index (κ2) is 16.7. The van der Waals surface area contributed by atoms with Crippen molar-refractivity contribution in [1.29, 1.82) is 0 Å². The fourth-order valence-electron chi connectivity index (χ4n) is 4.72. The maximum absolute atomic E-state index is 13.6. The number of rotatable bonds is 12. The predicted molar refractivity (Wildman–Crippen MR) is 197 cm³/mol. The summed E-state index contributed by atoms with van der Waals surface area (Å²) in [6.07, 6.45) is 1.54. The molecule has 0 saturated carbocycles. The van der Waals surface area contributed by atoms with Crippen LogP contribution in [0.1, 0.15) is 26.7 Å². The van der Waals surface area contributed by atoms with Gasteiger partial charge in [-0.1, -0.05) is 71.7 Å². The molecule has 0 heterocycles. The highest BCUT2D eigenvalue weighted by molar-refractivity contribution is 8.00. The smallest absolute Gasteiger partial charge is 0.272 e. The van der Waals surface area contributed by atoms with Crippen molar-refractivity contribution >= 4 is 70.1 Å². The first kappa shape index (κ1) is 35.1. The average Bonchev–Trinajstić information content (AvgIpc) is 3.11. The average molecular weight is 713 g/mol. The third-order valence-corrected chi connectivity index (χ3v) is 8.81. The number of amides is 3. The summed E-state index contributed by atoms with van der Waals surface area (Å²) >= 11 is 13.6. The van der Waals surface area contributed by atoms with Crippen molar-refractivity contribution < 1.29 is 23.9 Å². The van der Waals surface area contributed by atoms with Gasteiger partial charge in [0, 0.05) is 43.5 Å². The summed E-state index contributed by atoms with van der Waals surface area (Å²) in [4.78, 5) is 41.0. The van der Waals surface area contributed by atoms with Gasteiger partial charge in [-0.15, -0.1) is 11.8 Å². The van der Waals surface area contributed by atoms with E-state index in [1.54, 1.807) is 98.1 Å². The molecule has 248 valence electrons. The number of ether oxygens (including phenoxy) is 2. The Bertz CT molecular complexity index is 1950. The van der Waals surface area contributed by atoms with Crippen LogP contribution in [0.4, 0.5) is 11.4 Å². The minimum atomic E-state index is -0.610. The predicted octanol–water partition coefficient (Wildman–Crippen LogP) is 8.89. The van der Waals surface area contributed by atoms with Gasteiger partial charge < -0.3 is 25.4 Å². The first-order valence-corrected chi connectivity index (χ1v) is 16.6. The van der Waals surface area contributed by atoms with Crippen LogP contribution in [-0.2, 0) is 9.59 Å². The Kier molecular flexibility index (Phi) is 12.0. The SMILES string of the molecule is COc1ccc(/C=C(\NC(=O)c2ccccc2)C(=O)Nc2ccc(SC(C(=O)Nc3cc(Cl)cc(Cl)c3)c3ccccc3)cc2)c(OC)c1. The lowest BCUT2D eigenvalue weighted by molar-refractivity contribution is -0.116. The van der Waals surface area contributed by atoms with Gasteiger partial charge in [-0.25, -0.2) is 0 Å². The van der Waals surface area contributed by atoms with Crippen molar-refractivity contribution in [2.45, 2.75) is 10.1 Å². The van der Waals surface area contributed by atoms with Crippen LogP contribution >= 0.6 is 35.0 Å². The molecule has 49 heavy (non-hydrogen) atoms. The summed E-state index contributed by atoms with van der Waals surface area (Å²) in [6.45, 7) is 0. The van der Waals surface area contributed by atoms with E-state index in [1.807, 2.05) is 30.3 Å². The Balaban J connectivity index is 1.36. The fraction of sp³-hybridized carbons (Fsp3) is 0.0789. The number of thioether (sulfide) groups is 1. The Morgan fingerprint density at radius 3 is 2.00 bits per heavy atom. The standard InChI is InChI=1S/C38H31Cl2N3O5S/c1-47-31-16-13-26(34(23-31)48-2)19-33(43-36(44)25-11-7-4-8-12-25)37(45)41-29-14-17-32(18-15-29)49-35(24-9-5-3-6-10-24)38(46)42-30-21-27(39)20-28(40)22-30/h3-23,35H,1-2H3,(H,41,45)(H,42,46)(H,43,44)/b33-19-. The molecule has 0 fully saturated rings. The number of carbonyl (C=O) groups is 3. The summed E-state index contributed by atoms with van der Waals surface area (Å²) in [5.41, 5.74) is 2.70. The van der Waals surface area contributed by atoms with Crippen LogP contribution in [0.15, 0.2) is 132 Å². The van der Waals surface area contributed by atoms with E-state index in [4.69, 9.17) is 32.7 Å². The molecule has 3 N–H and O–H groups in total. The minimum absolute atomic E-state index is 0.00213. The Labute approximate surface area is 298 Å². The Morgan fingerprint density at radius 2 is 1.37 bits per heavy atom. The van der Waals surface area contributed by atoms with Gasteiger partial charge in [0.05, 0.1) is 14.2 Å². The van der Waals surface area contributed by atoms with Crippen LogP contribution in [0.2, 0.25) is 10.0 Å². The molecular weight excluding hydrogens is 681 g/mol. The number of nitrogens with one attached hydrogen (secondary N) is 3. The zero-order valence-corrected chi connectivity index (χ0v) is 28.7. The summed E-state index contributed by atoms with van der Waals surface area (Å²) in [6, 6.07) is 35.0. The molecule has 0 saturated heterocycles. The highest BCUT2D eigenvalue weighted by Gasteiger charge is 2.23. The molecule has 8 nitrogen and oxygen atoms in total. The van der Waals surface area contributed by atoms with E-state index < -0.39 is 17.1 Å². The van der Waals surface area contributed by atoms with Crippen molar-refractivity contribution in [2.24, 2.45) is 0 Å². The largest absolute Gasteiger partial charge is 0.497 e. The first-order valence-electron chi connectivity index (χ1n) is 14.9. The third kappa shape index (κ3) is 9.67. The normalized spacial score (nSPS) is 11.6. The zero-order valence-electron chi connectivity index (χ0n) is 26.4. The van der Waals surface area contributed by atoms with Crippen LogP contribution < -0.4 is 25.4 Å². The van der Waals surface area contributed by atoms with E-state index in [9.17, 15) is 14.4 Å². The summed E-state index contributed by atoms with van der Waals surface area (Å²) in [5, 5.41) is 8.71. The van der Waals surface area contributed by atoms with Crippen molar-refractivity contribution in [3.63, 3.8) is 0 Å². The van der Waals surface area contributed by atoms with Gasteiger partial charge in [0.25, 0.3) is 11.8 Å². The molecule has 0 aliphatic heterocycles. The van der Waals surface area contributed by atoms with E-state index in [-0.39, 0.29) is 11.6 Å². The molecule has 0 aliphatic rings. The van der Waals surface area contributed by atoms with E-state index in [1.165, 1.54) is 24.9 Å². The van der Waals surface area contributed by atoms with Gasteiger partial charge in [0.1, 0.15) is 22.4 Å². The lowest BCUT2D eigenvalue weighted by Crippen LogP contribution is -2.30. The molecule has 5 aromatic carbocycles. The highest BCUT2D eigenvalue weighted by atomic mass is 35.5. The van der Waals surface area contributed by atoms with Crippen molar-refractivity contribution in [3.8, 4) is 11.5 Å². The van der Waals surface area contributed by atoms with Gasteiger partial charge in [-0.2, -0.15) is 0 Å². The van der Waals surface area contributed by atoms with E-state index >= 15 is 0 Å². The molecule has 3 amide bonds. The molecule has 0 aliphatic carbocycles. The quantitative estimate of drug-likeness (QED) is 0.0882. The lowest BCUT2D eigenvalue weighted by Gasteiger charge is -2.18. The molecule has 11 heteroatoms. The van der Waals surface area contributed by atoms with Crippen LogP contribution in [0, 0.1) is 0 Å². The Hall–Kier alpha value is -5.22. The molecule has 1 unspecified atom stereocenters. The molecule has 5 rings (SSSR count). The van der Waals surface area contributed by atoms with Gasteiger partial charge in [0.15, 0.2) is 0 Å². The van der Waals surface area contributed by atoms with E-state index in [0.29, 0.717) is 44.0 Å². The van der Waals surface area contributed by atoms with E-state index in [0.717, 1.165) is 10.5 Å². The lowest BCUT2D eigenvalue weighted by atomic mass is 10.1. The second-order valence-electron chi connectivity index (χ2n) is 10.5. The van der Waals surface area contributed by atoms with Crippen LogP contribution in [-0.4, -0.2) is 31.9 Å². The van der Waals surface area contributed by atoms with Crippen molar-refractivity contribution in [1.82, 2.24) is 5.32 Å². The van der Waals surface area contributed by atoms with Gasteiger partial charge >= 0.3 is 0 Å². The van der Waals surface area contributed by atoms with Gasteiger partial charge in [0.2, 0.25) is 5.91 Å². The summed E-state index contributed by atoms with van der Waals surface area (Å²) in [5.74, 6) is -0.233. The number of anilines is 2. The Morgan fingerprint density at radius 1 is 0.714 bits per heavy atom. The van der Waals surface area contributed by atoms with Crippen molar-refractivity contribution in [3.05, 3.63) is 154 Å². The summed E-state index contributed by atoms with van der Waals surface area (Å²) < 4.78 is 10.8. The van der Waals surface area contributed by atoms with E-state index in [2.05, 4.69) is 16.0 Å². The number of benzene rings is 5. The van der Waals surface area contributed by atoms with Crippen LogP contribution in [0.5, 0.6) is 11.5 Å². The molecule has 0 radical (unpaired) electrons. The zero-order chi connectivity index (χ0) is 34.8. The maximum atomic E-state index is 13.6. The molecule has 0 spiro atoms. The van der Waals surface area contributed by atoms with Gasteiger partial charge in [-0.3, -0.25) is 14.4 Å². The number of hydrogen-bond donors (Lipinski definition) is 3. The monoisotopic (exact) mass is 711 g/mol. The third-order valence-electron chi connectivity index (χ3n) is 7.11. The number of carbonyl (C=O) groups excluding carboxylic acids is 3. The number of methoxy groups -OCH3 is 2. The molecular formula is C38H31Cl2N3O5S. The maximum Gasteiger partial charge on any atom is 0.272 e. The summed E-state index contributed by atoms with van der Waals surface area (Å²) in [7, 11) is 3.05. The number of hydrogen-bond acceptors (Lipinski definition) is 6. The molecule has 1 atom stereocenters. The number of halogens is 2. The minimum Gasteiger partial charge on any atom is -0.497 e. The second-order valence-corrected chi connectivity index (χ2v) is 12.6. The molecule has 0 aromatic heterocycles. The van der Waals surface area contributed by atoms with Gasteiger partial charge in [-0.05, 0) is 78.4 Å². The topological polar surface area (TPSA) is 106 Å². The van der Waals surface area contributed by atoms with Crippen molar-refractivity contribution in [2.75, 3.05) is 24.9 Å². The van der Waals surface area contributed by atoms with Crippen LogP contribution in [0.3, 0.4) is 0 Å². The highest BCUT2D eigenvalue weighted by Crippen LogP contribution is 2.37.